The molecule has 27 heteroatoms. The number of nitrogens with one attached hydrogen (secondary N) is 2. The van der Waals surface area contributed by atoms with Gasteiger partial charge in [-0.1, -0.05) is 76.5 Å². The van der Waals surface area contributed by atoms with E-state index in [2.05, 4.69) is 60.4 Å². The van der Waals surface area contributed by atoms with Crippen molar-refractivity contribution in [1.29, 1.82) is 0 Å². The number of halogens is 4. The van der Waals surface area contributed by atoms with Crippen LogP contribution in [0.1, 0.15) is 95.3 Å². The van der Waals surface area contributed by atoms with E-state index in [1.165, 1.54) is 41.3 Å². The number of hydrogen-bond acceptors (Lipinski definition) is 12. The van der Waals surface area contributed by atoms with Gasteiger partial charge < -0.3 is 60.0 Å². The van der Waals surface area contributed by atoms with E-state index in [1.54, 1.807) is 36.4 Å². The maximum absolute atomic E-state index is 13.5. The van der Waals surface area contributed by atoms with Gasteiger partial charge in [0.25, 0.3) is 10.1 Å². The summed E-state index contributed by atoms with van der Waals surface area (Å²) in [6.45, 7) is 14.0. The van der Waals surface area contributed by atoms with Gasteiger partial charge in [-0.25, -0.2) is 0 Å². The molecule has 448 valence electrons. The van der Waals surface area contributed by atoms with Crippen LogP contribution in [-0.2, 0) is 58.6 Å². The fourth-order valence-electron chi connectivity index (χ4n) is 10.5. The number of carbonyl (C=O) groups is 2. The minimum absolute atomic E-state index is 0. The van der Waals surface area contributed by atoms with E-state index >= 15 is 0 Å². The summed E-state index contributed by atoms with van der Waals surface area (Å²) in [5.41, 5.74) is 26.6. The van der Waals surface area contributed by atoms with Gasteiger partial charge in [-0.2, -0.15) is 8.42 Å². The van der Waals surface area contributed by atoms with Crippen molar-refractivity contribution < 1.29 is 98.5 Å². The summed E-state index contributed by atoms with van der Waals surface area (Å²) < 4.78 is 106. The second-order valence-corrected chi connectivity index (χ2v) is 25.0. The summed E-state index contributed by atoms with van der Waals surface area (Å²) >= 11 is 0. The second-order valence-electron chi connectivity index (χ2n) is 23.4. The minimum atomic E-state index is -4.04. The molecular formula is C59H61F4N10NaO11S. The van der Waals surface area contributed by atoms with Crippen LogP contribution in [0.15, 0.2) is 119 Å². The molecular weight excluding hydrogens is 1160 g/mol. The Kier molecular flexibility index (Phi) is 18.2. The van der Waals surface area contributed by atoms with Crippen molar-refractivity contribution in [1.82, 2.24) is 9.13 Å². The van der Waals surface area contributed by atoms with Crippen LogP contribution in [0.25, 0.3) is 48.2 Å². The first-order valence-corrected chi connectivity index (χ1v) is 28.3. The number of azide groups is 1. The van der Waals surface area contributed by atoms with Gasteiger partial charge in [0.1, 0.15) is 0 Å². The van der Waals surface area contributed by atoms with Crippen LogP contribution in [0.2, 0.25) is 0 Å². The van der Waals surface area contributed by atoms with Crippen molar-refractivity contribution in [3.05, 3.63) is 164 Å². The van der Waals surface area contributed by atoms with Gasteiger partial charge in [0, 0.05) is 66.9 Å². The summed E-state index contributed by atoms with van der Waals surface area (Å²) in [6, 6.07) is 30.1. The Morgan fingerprint density at radius 3 is 1.44 bits per heavy atom. The van der Waals surface area contributed by atoms with Gasteiger partial charge in [-0.3, -0.25) is 18.7 Å². The van der Waals surface area contributed by atoms with Gasteiger partial charge >= 0.3 is 42.1 Å². The molecule has 2 aromatic heterocycles. The molecule has 2 aliphatic heterocycles. The number of amides is 2. The van der Waals surface area contributed by atoms with Crippen molar-refractivity contribution in [3.8, 4) is 23.0 Å². The van der Waals surface area contributed by atoms with E-state index in [9.17, 15) is 45.8 Å². The van der Waals surface area contributed by atoms with E-state index < -0.39 is 52.4 Å². The molecule has 2 atom stereocenters. The Morgan fingerprint density at radius 1 is 0.640 bits per heavy atom. The average molecular weight is 1220 g/mol. The molecule has 5 aromatic carbocycles. The summed E-state index contributed by atoms with van der Waals surface area (Å²) in [5, 5.41) is 32.4. The molecule has 0 bridgehead atoms. The van der Waals surface area contributed by atoms with E-state index in [0.717, 1.165) is 38.8 Å². The number of anilines is 2. The first-order chi connectivity index (χ1) is 39.9. The standard InChI is InChI=1S/C33H34F2N2O7S.C26H27F2N5O4.N3.Na/c1-20-5-9-25(10-6-20)45(40,41)42-19-24(38)18-37-26-11-8-23(15-21(26)16-29(37)31(2,3)4)36-30(39)32(13-14-32)22-7-12-27-28(17-22)44-33(34,35)43-27;1-24(2,3)22-11-15-10-17(5-6-19(15)33(22)14-18(34)13-30-32-29)31-23(35)25(8-9-25)16-4-7-20-21(12-16)37-26(27,28)36-20;1-3-2;/h5-12,15-17,24,38H,13-14,18-19H2,1-4H3,(H,36,39);4-7,10-12,18,34H,8-9,13-14H2,1-3H3,(H,31,35);;/q;;-1;+1/t24-;18-;;/m10../s1. The minimum Gasteiger partial charge on any atom is -0.395 e. The van der Waals surface area contributed by atoms with Crippen LogP contribution in [0.5, 0.6) is 23.0 Å². The maximum atomic E-state index is 13.5. The summed E-state index contributed by atoms with van der Waals surface area (Å²) in [5.74, 6) is -0.799. The Labute approximate surface area is 514 Å². The van der Waals surface area contributed by atoms with Crippen LogP contribution in [0, 0.1) is 6.92 Å². The number of ether oxygens (including phenoxy) is 4. The number of hydrogen-bond donors (Lipinski definition) is 4. The predicted octanol–water partition coefficient (Wildman–Crippen LogP) is 9.48. The zero-order chi connectivity index (χ0) is 61.7. The van der Waals surface area contributed by atoms with Crippen LogP contribution >= 0.6 is 0 Å². The fourth-order valence-corrected chi connectivity index (χ4v) is 11.4. The third kappa shape index (κ3) is 14.0. The van der Waals surface area contributed by atoms with Gasteiger partial charge in [0.05, 0.1) is 47.6 Å². The van der Waals surface area contributed by atoms with Crippen molar-refractivity contribution >= 4 is 55.1 Å². The number of aliphatic hydroxyl groups is 2. The normalized spacial score (nSPS) is 16.8. The molecule has 0 saturated heterocycles. The molecule has 11 rings (SSSR count). The van der Waals surface area contributed by atoms with Gasteiger partial charge in [-0.15, -0.1) is 17.6 Å². The molecule has 0 unspecified atom stereocenters. The van der Waals surface area contributed by atoms with Crippen LogP contribution < -0.4 is 59.1 Å². The molecule has 7 aromatic rings. The predicted molar refractivity (Wildman–Crippen MR) is 306 cm³/mol. The number of aryl methyl sites for hydroxylation is 1. The summed E-state index contributed by atoms with van der Waals surface area (Å²) in [7, 11) is -4.04. The van der Waals surface area contributed by atoms with Crippen molar-refractivity contribution in [2.75, 3.05) is 23.8 Å². The fraction of sp³-hybridized carbons (Fsp3) is 0.390. The van der Waals surface area contributed by atoms with Crippen LogP contribution in [0.4, 0.5) is 28.9 Å². The first-order valence-electron chi connectivity index (χ1n) is 26.9. The SMILES string of the molecule is CC(C)(C)c1cc2cc(NC(=O)C3(c4ccc5c(c4)OC(F)(F)O5)CC3)ccc2n1C[C@@H](O)CN=[N+]=[N-].Cc1ccc(S(=O)(=O)OC[C@H](O)Cn2c(C(C)(C)C)cc3cc(NC(=O)C4(c5ccc6c(c5)OC(F)(F)O6)CC4)ccc32)cc1.[N-]=[N+]=[N-].[Na+]. The molecule has 4 N–H and O–H groups in total. The smallest absolute Gasteiger partial charge is 0.395 e. The molecule has 0 spiro atoms. The number of nitrogens with zero attached hydrogens (tertiary/aromatic N) is 8. The molecule has 86 heavy (non-hydrogen) atoms. The van der Waals surface area contributed by atoms with Crippen molar-refractivity contribution in [3.63, 3.8) is 0 Å². The third-order valence-electron chi connectivity index (χ3n) is 15.0. The maximum Gasteiger partial charge on any atom is 1.00 e. The molecule has 2 fully saturated rings. The third-order valence-corrected chi connectivity index (χ3v) is 16.3. The number of aromatic nitrogens is 2. The first kappa shape index (κ1) is 64.5. The zero-order valence-corrected chi connectivity index (χ0v) is 51.1. The van der Waals surface area contributed by atoms with Crippen molar-refractivity contribution in [2.45, 2.75) is 139 Å². The van der Waals surface area contributed by atoms with Crippen molar-refractivity contribution in [2.24, 2.45) is 5.11 Å². The number of alkyl halides is 4. The van der Waals surface area contributed by atoms with Gasteiger partial charge in [0.2, 0.25) is 11.8 Å². The summed E-state index contributed by atoms with van der Waals surface area (Å²) in [6.07, 6.45) is -7.13. The van der Waals surface area contributed by atoms with Crippen LogP contribution in [0.3, 0.4) is 0 Å². The van der Waals surface area contributed by atoms with Gasteiger partial charge in [0.15, 0.2) is 23.0 Å². The zero-order valence-electron chi connectivity index (χ0n) is 48.3. The Hall–Kier alpha value is -7.51. The number of rotatable bonds is 16. The Balaban J connectivity index is 0.000000215. The number of carbonyl (C=O) groups excluding carboxylic acids is 2. The molecule has 0 radical (unpaired) electrons. The largest absolute Gasteiger partial charge is 1.00 e. The quantitative estimate of drug-likeness (QED) is 0.0176. The number of fused-ring (bicyclic) bond motifs is 4. The molecule has 21 nitrogen and oxygen atoms in total. The Morgan fingerprint density at radius 2 is 1.05 bits per heavy atom. The molecule has 2 aliphatic carbocycles. The molecule has 4 heterocycles. The number of benzene rings is 5. The number of aliphatic hydroxyl groups excluding tert-OH is 2. The summed E-state index contributed by atoms with van der Waals surface area (Å²) in [4.78, 5) is 31.0. The second kappa shape index (κ2) is 24.3. The molecule has 2 amide bonds. The van der Waals surface area contributed by atoms with Gasteiger partial charge in [-0.05, 0) is 134 Å². The van der Waals surface area contributed by atoms with E-state index in [-0.39, 0.29) is 99.7 Å². The molecule has 4 aliphatic rings. The van der Waals surface area contributed by atoms with E-state index in [1.807, 2.05) is 73.2 Å². The van der Waals surface area contributed by atoms with Crippen LogP contribution in [-0.4, -0.2) is 77.5 Å². The van der Waals surface area contributed by atoms with E-state index in [4.69, 9.17) is 20.8 Å². The average Bonchev–Trinajstić information content (AvgIpc) is 1.67. The molecule has 2 saturated carbocycles. The topological polar surface area (TPSA) is 296 Å². The Bertz CT molecular complexity index is 3940. The monoisotopic (exact) mass is 1220 g/mol. The van der Waals surface area contributed by atoms with E-state index in [0.29, 0.717) is 48.2 Å².